The van der Waals surface area contributed by atoms with Crippen molar-refractivity contribution < 1.29 is 9.90 Å². The molecule has 0 spiro atoms. The summed E-state index contributed by atoms with van der Waals surface area (Å²) in [5, 5.41) is 14.2. The van der Waals surface area contributed by atoms with Crippen molar-refractivity contribution in [2.24, 2.45) is 0 Å². The van der Waals surface area contributed by atoms with Crippen LogP contribution >= 0.6 is 11.6 Å². The van der Waals surface area contributed by atoms with E-state index >= 15 is 0 Å². The van der Waals surface area contributed by atoms with Crippen molar-refractivity contribution in [3.63, 3.8) is 0 Å². The van der Waals surface area contributed by atoms with Crippen LogP contribution in [0.4, 0.5) is 0 Å². The number of aliphatic hydroxyl groups excluding tert-OH is 1. The molecule has 1 unspecified atom stereocenters. The molecule has 0 radical (unpaired) electrons. The summed E-state index contributed by atoms with van der Waals surface area (Å²) >= 11 is 6.02. The van der Waals surface area contributed by atoms with Crippen molar-refractivity contribution in [3.8, 4) is 0 Å². The summed E-state index contributed by atoms with van der Waals surface area (Å²) in [6.07, 6.45) is 2.33. The van der Waals surface area contributed by atoms with E-state index in [-0.39, 0.29) is 12.0 Å². The molecule has 1 amide bonds. The van der Waals surface area contributed by atoms with Gasteiger partial charge in [0.25, 0.3) is 5.91 Å². The zero-order valence-electron chi connectivity index (χ0n) is 11.3. The molecule has 0 aliphatic heterocycles. The maximum atomic E-state index is 12.2. The summed E-state index contributed by atoms with van der Waals surface area (Å²) in [7, 11) is 0. The lowest BCUT2D eigenvalue weighted by molar-refractivity contribution is 0.0943. The molecule has 0 saturated heterocycles. The Morgan fingerprint density at radius 2 is 2.10 bits per heavy atom. The second kappa shape index (κ2) is 6.68. The average Bonchev–Trinajstić information content (AvgIpc) is 2.47. The number of fused-ring (bicyclic) bond motifs is 1. The normalized spacial score (nSPS) is 12.3. The van der Waals surface area contributed by atoms with Gasteiger partial charge in [0.2, 0.25) is 0 Å². The zero-order chi connectivity index (χ0) is 14.5. The highest BCUT2D eigenvalue weighted by Crippen LogP contribution is 2.24. The average molecular weight is 293 g/mol. The van der Waals surface area contributed by atoms with Gasteiger partial charge >= 0.3 is 0 Å². The molecular formula is C15H17ClN2O2. The minimum atomic E-state index is -0.379. The van der Waals surface area contributed by atoms with Crippen LogP contribution in [0.5, 0.6) is 0 Å². The van der Waals surface area contributed by atoms with Crippen molar-refractivity contribution in [1.29, 1.82) is 0 Å². The van der Waals surface area contributed by atoms with Gasteiger partial charge in [0, 0.05) is 18.1 Å². The molecule has 1 atom stereocenters. The van der Waals surface area contributed by atoms with E-state index in [0.717, 1.165) is 10.8 Å². The number of aliphatic hydroxyl groups is 1. The fourth-order valence-corrected chi connectivity index (χ4v) is 2.20. The first-order valence-electron chi connectivity index (χ1n) is 6.63. The van der Waals surface area contributed by atoms with Gasteiger partial charge in [0.1, 0.15) is 5.15 Å². The van der Waals surface area contributed by atoms with Crippen LogP contribution < -0.4 is 5.32 Å². The summed E-state index contributed by atoms with van der Waals surface area (Å²) in [4.78, 5) is 16.2. The van der Waals surface area contributed by atoms with Gasteiger partial charge in [-0.2, -0.15) is 0 Å². The first-order valence-corrected chi connectivity index (χ1v) is 7.00. The topological polar surface area (TPSA) is 62.2 Å². The van der Waals surface area contributed by atoms with Crippen LogP contribution in [-0.4, -0.2) is 28.6 Å². The number of aromatic nitrogens is 1. The highest BCUT2D eigenvalue weighted by molar-refractivity contribution is 6.34. The third-order valence-electron chi connectivity index (χ3n) is 3.23. The van der Waals surface area contributed by atoms with Crippen molar-refractivity contribution in [2.45, 2.75) is 25.9 Å². The molecule has 20 heavy (non-hydrogen) atoms. The monoisotopic (exact) mass is 292 g/mol. The standard InChI is InChI=1S/C15H17ClN2O2/c1-2-10(19)7-8-17-15(20)13-9-18-14(16)12-6-4-3-5-11(12)13/h3-6,9-10,19H,2,7-8H2,1H3,(H,17,20). The van der Waals surface area contributed by atoms with E-state index in [4.69, 9.17) is 11.6 Å². The van der Waals surface area contributed by atoms with E-state index in [1.54, 1.807) is 0 Å². The maximum absolute atomic E-state index is 12.2. The highest BCUT2D eigenvalue weighted by atomic mass is 35.5. The smallest absolute Gasteiger partial charge is 0.253 e. The zero-order valence-corrected chi connectivity index (χ0v) is 12.0. The number of halogens is 1. The first kappa shape index (κ1) is 14.8. The van der Waals surface area contributed by atoms with E-state index in [9.17, 15) is 9.90 Å². The largest absolute Gasteiger partial charge is 0.393 e. The third kappa shape index (κ3) is 3.26. The van der Waals surface area contributed by atoms with Gasteiger partial charge < -0.3 is 10.4 Å². The van der Waals surface area contributed by atoms with E-state index in [2.05, 4.69) is 10.3 Å². The van der Waals surface area contributed by atoms with Crippen LogP contribution in [-0.2, 0) is 0 Å². The summed E-state index contributed by atoms with van der Waals surface area (Å²) in [6.45, 7) is 2.34. The van der Waals surface area contributed by atoms with E-state index < -0.39 is 0 Å². The lowest BCUT2D eigenvalue weighted by Gasteiger charge is -2.10. The molecular weight excluding hydrogens is 276 g/mol. The van der Waals surface area contributed by atoms with E-state index in [1.807, 2.05) is 31.2 Å². The molecule has 1 aromatic carbocycles. The van der Waals surface area contributed by atoms with E-state index in [1.165, 1.54) is 6.20 Å². The molecule has 106 valence electrons. The Hall–Kier alpha value is -1.65. The number of amides is 1. The summed E-state index contributed by atoms with van der Waals surface area (Å²) in [6, 6.07) is 7.40. The molecule has 2 aromatic rings. The third-order valence-corrected chi connectivity index (χ3v) is 3.53. The number of carbonyl (C=O) groups excluding carboxylic acids is 1. The van der Waals surface area contributed by atoms with Crippen molar-refractivity contribution in [1.82, 2.24) is 10.3 Å². The van der Waals surface area contributed by atoms with Gasteiger partial charge in [-0.1, -0.05) is 42.8 Å². The molecule has 2 rings (SSSR count). The number of pyridine rings is 1. The molecule has 0 aliphatic rings. The second-order valence-electron chi connectivity index (χ2n) is 4.61. The number of carbonyl (C=O) groups is 1. The fraction of sp³-hybridized carbons (Fsp3) is 0.333. The fourth-order valence-electron chi connectivity index (χ4n) is 1.99. The Labute approximate surface area is 122 Å². The molecule has 1 aromatic heterocycles. The Morgan fingerprint density at radius 1 is 1.40 bits per heavy atom. The molecule has 2 N–H and O–H groups in total. The van der Waals surface area contributed by atoms with Crippen LogP contribution in [0.25, 0.3) is 10.8 Å². The molecule has 4 nitrogen and oxygen atoms in total. The van der Waals surface area contributed by atoms with Crippen LogP contribution in [0.3, 0.4) is 0 Å². The van der Waals surface area contributed by atoms with Crippen LogP contribution in [0, 0.1) is 0 Å². The van der Waals surface area contributed by atoms with Gasteiger partial charge in [-0.05, 0) is 18.2 Å². The molecule has 0 saturated carbocycles. The predicted octanol–water partition coefficient (Wildman–Crippen LogP) is 2.78. The Kier molecular flexibility index (Phi) is 4.93. The first-order chi connectivity index (χ1) is 9.63. The van der Waals surface area contributed by atoms with Crippen LogP contribution in [0.15, 0.2) is 30.5 Å². The molecule has 5 heteroatoms. The lowest BCUT2D eigenvalue weighted by atomic mass is 10.1. The van der Waals surface area contributed by atoms with Gasteiger partial charge in [-0.25, -0.2) is 4.98 Å². The second-order valence-corrected chi connectivity index (χ2v) is 4.97. The highest BCUT2D eigenvalue weighted by Gasteiger charge is 2.12. The Bertz CT molecular complexity index is 616. The Morgan fingerprint density at radius 3 is 2.80 bits per heavy atom. The van der Waals surface area contributed by atoms with Gasteiger partial charge in [0.15, 0.2) is 0 Å². The van der Waals surface area contributed by atoms with Gasteiger partial charge in [0.05, 0.1) is 11.7 Å². The van der Waals surface area contributed by atoms with Crippen LogP contribution in [0.2, 0.25) is 5.15 Å². The molecule has 0 bridgehead atoms. The number of nitrogens with zero attached hydrogens (tertiary/aromatic N) is 1. The Balaban J connectivity index is 2.16. The molecule has 0 fully saturated rings. The quantitative estimate of drug-likeness (QED) is 0.833. The number of nitrogens with one attached hydrogen (secondary N) is 1. The number of benzene rings is 1. The minimum absolute atomic E-state index is 0.200. The minimum Gasteiger partial charge on any atom is -0.393 e. The summed E-state index contributed by atoms with van der Waals surface area (Å²) < 4.78 is 0. The number of hydrogen-bond acceptors (Lipinski definition) is 3. The lowest BCUT2D eigenvalue weighted by Crippen LogP contribution is -2.27. The molecule has 1 heterocycles. The molecule has 0 aliphatic carbocycles. The van der Waals surface area contributed by atoms with Crippen molar-refractivity contribution >= 4 is 28.3 Å². The van der Waals surface area contributed by atoms with Crippen molar-refractivity contribution in [3.05, 3.63) is 41.2 Å². The van der Waals surface area contributed by atoms with Crippen molar-refractivity contribution in [2.75, 3.05) is 6.54 Å². The predicted molar refractivity (Wildman–Crippen MR) is 80.0 cm³/mol. The van der Waals surface area contributed by atoms with Gasteiger partial charge in [-0.15, -0.1) is 0 Å². The number of hydrogen-bond donors (Lipinski definition) is 2. The SMILES string of the molecule is CCC(O)CCNC(=O)c1cnc(Cl)c2ccccc12. The van der Waals surface area contributed by atoms with Crippen LogP contribution in [0.1, 0.15) is 30.1 Å². The maximum Gasteiger partial charge on any atom is 0.253 e. The summed E-state index contributed by atoms with van der Waals surface area (Å²) in [5.41, 5.74) is 0.496. The van der Waals surface area contributed by atoms with Gasteiger partial charge in [-0.3, -0.25) is 4.79 Å². The summed E-state index contributed by atoms with van der Waals surface area (Å²) in [5.74, 6) is -0.200. The van der Waals surface area contributed by atoms with E-state index in [0.29, 0.717) is 30.1 Å². The number of rotatable bonds is 5.